The lowest BCUT2D eigenvalue weighted by Crippen LogP contribution is -2.82. The van der Waals surface area contributed by atoms with Crippen LogP contribution in [-0.2, 0) is 73.3 Å². The van der Waals surface area contributed by atoms with Crippen molar-refractivity contribution in [2.24, 2.45) is 26.9 Å². The highest BCUT2D eigenvalue weighted by atomic mass is 33.1. The summed E-state index contributed by atoms with van der Waals surface area (Å²) in [5.74, 6) is -12.8. The van der Waals surface area contributed by atoms with Gasteiger partial charge in [-0.15, -0.1) is 0 Å². The third-order valence-electron chi connectivity index (χ3n) is 18.3. The first-order valence-electron chi connectivity index (χ1n) is 31.0. The van der Waals surface area contributed by atoms with Gasteiger partial charge in [-0.1, -0.05) is 84.0 Å². The number of carboxylic acid groups (broad SMARTS) is 2. The van der Waals surface area contributed by atoms with Crippen LogP contribution in [0.25, 0.3) is 11.2 Å². The Hall–Kier alpha value is -9.64. The molecule has 10 N–H and O–H groups in total. The first-order valence-corrected chi connectivity index (χ1v) is 33.5. The largest absolute Gasteiger partial charge is 0.480 e. The zero-order valence-corrected chi connectivity index (χ0v) is 55.9. The average Bonchev–Trinajstić information content (AvgIpc) is 0.669. The fraction of sp³-hybridized carbons (Fsp3) is 0.446. The zero-order chi connectivity index (χ0) is 71.9. The number of carboxylic acids is 2. The number of aliphatic hydroxyl groups is 2. The Bertz CT molecular complexity index is 4080. The molecular weight excluding hydrogens is 1330 g/mol. The molecule has 3 heterocycles. The standard InChI is InChI=1S/C65H71BN10O21S2/c1-31-41(26-65(91)53(96-59(89)36-15-11-8-12-16-36)51-63(6,42(79)25-43-64(51,30-92-43)97-33(3)78)52(82)49(93-32(2)77)46(31)62(65,4)5)94-60(90)50(47(75-76-66)34-13-9-7-10-14-34)95-45(81)23-24-98-99-29-40(58(87)88)71-44(80)22-21-39(57(85)86)72-55(83)35-17-19-37(20-18-35)68-27-38-28-69-54-48(70-38)56(84)74-61(67)73-54/h7-20,28,39-43,47,49-51,53,68,79,91H,21-27,29-30H2,1-6H3,(H,71,80)(H,72,83)(H,85,86)(H,87,88)(H3,67,69,73,74,84)/t39?,40?,41-,42-,43+,47-,49+,50+,51?,53-,63+,64-,65+/m0/s1. The predicted octanol–water partition coefficient (Wildman–Crippen LogP) is 3.62. The zero-order valence-electron chi connectivity index (χ0n) is 54.2. The Balaban J connectivity index is 0.871. The van der Waals surface area contributed by atoms with E-state index in [9.17, 15) is 63.6 Å². The van der Waals surface area contributed by atoms with Gasteiger partial charge >= 0.3 is 41.8 Å². The smallest absolute Gasteiger partial charge is 0.350 e. The Morgan fingerprint density at radius 2 is 1.53 bits per heavy atom. The van der Waals surface area contributed by atoms with E-state index in [1.165, 1.54) is 82.4 Å². The van der Waals surface area contributed by atoms with Crippen LogP contribution < -0.4 is 27.2 Å². The van der Waals surface area contributed by atoms with Crippen LogP contribution in [-0.4, -0.2) is 186 Å². The monoisotopic (exact) mass is 1400 g/mol. The maximum Gasteiger partial charge on any atom is 0.350 e. The third-order valence-corrected chi connectivity index (χ3v) is 20.7. The molecule has 3 aromatic carbocycles. The molecule has 34 heteroatoms. The molecule has 2 saturated carbocycles. The topological polar surface area (TPSA) is 465 Å². The van der Waals surface area contributed by atoms with Crippen molar-refractivity contribution in [2.45, 2.75) is 146 Å². The molecule has 0 spiro atoms. The fourth-order valence-corrected chi connectivity index (χ4v) is 15.3. The molecule has 2 bridgehead atoms. The van der Waals surface area contributed by atoms with Crippen LogP contribution in [0.1, 0.15) is 112 Å². The molecule has 5 aromatic rings. The molecule has 4 aliphatic rings. The number of benzene rings is 3. The van der Waals surface area contributed by atoms with Crippen LogP contribution >= 0.6 is 21.6 Å². The number of amides is 2. The third kappa shape index (κ3) is 15.6. The summed E-state index contributed by atoms with van der Waals surface area (Å²) in [6, 6.07) is 16.8. The molecule has 2 amide bonds. The number of carbonyl (C=O) groups is 10. The number of aromatic amines is 1. The molecule has 522 valence electrons. The van der Waals surface area contributed by atoms with Crippen LogP contribution in [0.2, 0.25) is 0 Å². The SMILES string of the molecule is [B]N=N[C@@H](c1ccccc1)[C@@H](OC(=O)CCSSCC(NC(=O)CCC(NC(=O)c1ccc(NCc2cnc3nc(N)[nH]c(=O)c3n2)cc1)C(=O)O)C(=O)O)C(=O)O[C@H]1C[C@@]2(O)[C@@H](OC(=O)c3ccccc3)C3[C@](C)(C(=O)[C@H](OC(C)=O)C(=C1C)C2(C)C)[C@@H](O)C[C@H]1OC[C@@]31OC(C)=O. The summed E-state index contributed by atoms with van der Waals surface area (Å²) in [6.45, 7) is 7.68. The number of nitrogens with one attached hydrogen (secondary N) is 4. The molecule has 13 atom stereocenters. The maximum atomic E-state index is 15.8. The molecule has 31 nitrogen and oxygen atoms in total. The molecular formula is C65H71BN10O21S2. The molecule has 3 unspecified atom stereocenters. The predicted molar refractivity (Wildman–Crippen MR) is 352 cm³/mol. The van der Waals surface area contributed by atoms with Gasteiger partial charge in [0.15, 0.2) is 28.7 Å². The number of carbonyl (C=O) groups excluding carboxylic acids is 8. The number of hydrogen-bond acceptors (Lipinski definition) is 28. The molecule has 3 fully saturated rings. The number of H-pyrrole nitrogens is 1. The van der Waals surface area contributed by atoms with Gasteiger partial charge in [0.2, 0.25) is 18.0 Å². The van der Waals surface area contributed by atoms with E-state index in [1.807, 2.05) is 0 Å². The normalized spacial score (nSPS) is 24.9. The average molecular weight is 1400 g/mol. The fourth-order valence-electron chi connectivity index (χ4n) is 13.2. The highest BCUT2D eigenvalue weighted by molar-refractivity contribution is 8.76. The number of Topliss-reactive ketones (excluding diaryl/α,β-unsaturated/α-hetero) is 1. The number of aromatic nitrogens is 4. The number of anilines is 2. The first kappa shape index (κ1) is 73.6. The molecule has 1 saturated heterocycles. The van der Waals surface area contributed by atoms with Crippen LogP contribution in [0.15, 0.2) is 117 Å². The molecule has 2 aromatic heterocycles. The van der Waals surface area contributed by atoms with E-state index in [0.29, 0.717) is 11.4 Å². The number of nitrogens with two attached hydrogens (primary N) is 1. The van der Waals surface area contributed by atoms with Gasteiger partial charge in [0.1, 0.15) is 42.0 Å². The van der Waals surface area contributed by atoms with E-state index >= 15 is 9.59 Å². The second-order valence-corrected chi connectivity index (χ2v) is 27.4. The Kier molecular flexibility index (Phi) is 22.8. The van der Waals surface area contributed by atoms with E-state index in [1.54, 1.807) is 36.4 Å². The van der Waals surface area contributed by atoms with Crippen molar-refractivity contribution in [3.05, 3.63) is 135 Å². The van der Waals surface area contributed by atoms with Crippen LogP contribution in [0.3, 0.4) is 0 Å². The highest BCUT2D eigenvalue weighted by Gasteiger charge is 2.78. The van der Waals surface area contributed by atoms with Gasteiger partial charge in [0.25, 0.3) is 19.4 Å². The van der Waals surface area contributed by atoms with Crippen molar-refractivity contribution in [3.8, 4) is 0 Å². The number of aliphatic hydroxyl groups excluding tert-OH is 1. The second-order valence-electron chi connectivity index (χ2n) is 24.8. The van der Waals surface area contributed by atoms with Crippen molar-refractivity contribution in [3.63, 3.8) is 0 Å². The number of nitrogens with zero attached hydrogens (tertiary/aromatic N) is 5. The van der Waals surface area contributed by atoms with Crippen LogP contribution in [0.5, 0.6) is 0 Å². The minimum Gasteiger partial charge on any atom is -0.480 e. The van der Waals surface area contributed by atoms with Crippen molar-refractivity contribution in [1.29, 1.82) is 0 Å². The summed E-state index contributed by atoms with van der Waals surface area (Å²) in [6.07, 6.45) is -11.3. The Morgan fingerprint density at radius 3 is 2.15 bits per heavy atom. The summed E-state index contributed by atoms with van der Waals surface area (Å²) < 4.78 is 36.6. The minimum absolute atomic E-state index is 0.00387. The summed E-state index contributed by atoms with van der Waals surface area (Å²) in [5.41, 5.74) is -2.15. The van der Waals surface area contributed by atoms with Gasteiger partial charge in [-0.05, 0) is 73.4 Å². The lowest BCUT2D eigenvalue weighted by Gasteiger charge is -2.67. The number of aliphatic carboxylic acids is 2. The van der Waals surface area contributed by atoms with E-state index in [4.69, 9.17) is 42.1 Å². The Labute approximate surface area is 573 Å². The van der Waals surface area contributed by atoms with E-state index in [-0.39, 0.29) is 69.4 Å². The van der Waals surface area contributed by atoms with Gasteiger partial charge in [0, 0.05) is 61.3 Å². The van der Waals surface area contributed by atoms with Crippen molar-refractivity contribution >= 4 is 112 Å². The van der Waals surface area contributed by atoms with Gasteiger partial charge in [-0.2, -0.15) is 10.1 Å². The summed E-state index contributed by atoms with van der Waals surface area (Å²) in [7, 11) is 7.54. The number of fused-ring (bicyclic) bond motifs is 6. The number of ether oxygens (including phenoxy) is 6. The molecule has 2 radical (unpaired) electrons. The number of rotatable bonds is 27. The summed E-state index contributed by atoms with van der Waals surface area (Å²) >= 11 is 0. The molecule has 99 heavy (non-hydrogen) atoms. The van der Waals surface area contributed by atoms with Crippen molar-refractivity contribution < 1.29 is 96.8 Å². The van der Waals surface area contributed by atoms with Gasteiger partial charge in [-0.3, -0.25) is 43.6 Å². The Morgan fingerprint density at radius 1 is 0.848 bits per heavy atom. The quantitative estimate of drug-likeness (QED) is 0.00689. The lowest BCUT2D eigenvalue weighted by molar-refractivity contribution is -0.346. The molecule has 3 aliphatic carbocycles. The second kappa shape index (κ2) is 30.6. The lowest BCUT2D eigenvalue weighted by atomic mass is 9.44. The van der Waals surface area contributed by atoms with Crippen molar-refractivity contribution in [2.75, 3.05) is 29.2 Å². The van der Waals surface area contributed by atoms with Gasteiger partial charge in [0.05, 0.1) is 54.5 Å². The van der Waals surface area contributed by atoms with E-state index < -0.39 is 180 Å². The summed E-state index contributed by atoms with van der Waals surface area (Å²) in [4.78, 5) is 164. The molecule has 1 aliphatic heterocycles. The van der Waals surface area contributed by atoms with Gasteiger partial charge < -0.3 is 70.5 Å². The van der Waals surface area contributed by atoms with Crippen LogP contribution in [0.4, 0.5) is 11.6 Å². The number of esters is 5. The minimum atomic E-state index is -2.54. The van der Waals surface area contributed by atoms with E-state index in [2.05, 4.69) is 46.0 Å². The number of hydrogen-bond donors (Lipinski definition) is 9. The number of ketones is 1. The van der Waals surface area contributed by atoms with E-state index in [0.717, 1.165) is 35.4 Å². The first-order chi connectivity index (χ1) is 46.9. The highest BCUT2D eigenvalue weighted by Crippen LogP contribution is 2.64. The van der Waals surface area contributed by atoms with Crippen molar-refractivity contribution in [1.82, 2.24) is 30.6 Å². The molecule has 9 rings (SSSR count). The number of nitrogen functional groups attached to an aromatic ring is 1. The maximum absolute atomic E-state index is 15.8. The van der Waals surface area contributed by atoms with Gasteiger partial charge in [-0.25, -0.2) is 29.1 Å². The summed E-state index contributed by atoms with van der Waals surface area (Å²) in [5, 5.41) is 61.5. The van der Waals surface area contributed by atoms with Crippen LogP contribution in [0, 0.1) is 16.7 Å².